The minimum absolute atomic E-state index is 0.0138. The SMILES string of the molecule is CC1CN(C(=O)C2(C)CCCS2)CC(CO)O1. The molecule has 3 unspecified atom stereocenters. The predicted molar refractivity (Wildman–Crippen MR) is 68.1 cm³/mol. The fraction of sp³-hybridized carbons (Fsp3) is 0.917. The third-order valence-electron chi connectivity index (χ3n) is 3.49. The van der Waals surface area contributed by atoms with Crippen LogP contribution in [0, 0.1) is 0 Å². The van der Waals surface area contributed by atoms with Gasteiger partial charge in [-0.15, -0.1) is 11.8 Å². The molecule has 3 atom stereocenters. The monoisotopic (exact) mass is 259 g/mol. The number of morpholine rings is 1. The Morgan fingerprint density at radius 2 is 2.35 bits per heavy atom. The average Bonchev–Trinajstić information content (AvgIpc) is 2.75. The Labute approximate surface area is 107 Å². The summed E-state index contributed by atoms with van der Waals surface area (Å²) >= 11 is 1.76. The Morgan fingerprint density at radius 3 is 2.94 bits per heavy atom. The molecular formula is C12H21NO3S. The molecule has 0 aromatic rings. The smallest absolute Gasteiger partial charge is 0.238 e. The summed E-state index contributed by atoms with van der Waals surface area (Å²) in [6.07, 6.45) is 1.87. The van der Waals surface area contributed by atoms with E-state index < -0.39 is 0 Å². The van der Waals surface area contributed by atoms with Gasteiger partial charge in [-0.25, -0.2) is 0 Å². The molecule has 0 saturated carbocycles. The maximum atomic E-state index is 12.5. The van der Waals surface area contributed by atoms with Crippen molar-refractivity contribution in [3.05, 3.63) is 0 Å². The van der Waals surface area contributed by atoms with Gasteiger partial charge in [0.2, 0.25) is 5.91 Å². The van der Waals surface area contributed by atoms with Crippen LogP contribution in [-0.4, -0.2) is 58.3 Å². The lowest BCUT2D eigenvalue weighted by molar-refractivity contribution is -0.149. The minimum Gasteiger partial charge on any atom is -0.394 e. The molecular weight excluding hydrogens is 238 g/mol. The van der Waals surface area contributed by atoms with Gasteiger partial charge in [0.05, 0.1) is 23.6 Å². The van der Waals surface area contributed by atoms with Crippen molar-refractivity contribution in [2.45, 2.75) is 43.6 Å². The summed E-state index contributed by atoms with van der Waals surface area (Å²) in [7, 11) is 0. The quantitative estimate of drug-likeness (QED) is 0.800. The van der Waals surface area contributed by atoms with E-state index in [1.165, 1.54) is 0 Å². The second kappa shape index (κ2) is 5.16. The molecule has 0 bridgehead atoms. The van der Waals surface area contributed by atoms with Crippen molar-refractivity contribution in [3.8, 4) is 0 Å². The summed E-state index contributed by atoms with van der Waals surface area (Å²) in [4.78, 5) is 14.4. The maximum absolute atomic E-state index is 12.5. The molecule has 0 aliphatic carbocycles. The molecule has 0 aromatic carbocycles. The van der Waals surface area contributed by atoms with Crippen LogP contribution in [0.25, 0.3) is 0 Å². The van der Waals surface area contributed by atoms with Crippen LogP contribution in [0.3, 0.4) is 0 Å². The van der Waals surface area contributed by atoms with E-state index in [-0.39, 0.29) is 29.5 Å². The lowest BCUT2D eigenvalue weighted by atomic mass is 10.0. The number of carbonyl (C=O) groups is 1. The maximum Gasteiger partial charge on any atom is 0.238 e. The van der Waals surface area contributed by atoms with Crippen LogP contribution in [0.5, 0.6) is 0 Å². The zero-order chi connectivity index (χ0) is 12.5. The molecule has 0 spiro atoms. The molecule has 2 fully saturated rings. The molecule has 2 aliphatic heterocycles. The van der Waals surface area contributed by atoms with E-state index >= 15 is 0 Å². The Kier molecular flexibility index (Phi) is 4.00. The standard InChI is InChI=1S/C12H21NO3S/c1-9-6-13(7-10(8-14)16-9)11(15)12(2)4-3-5-17-12/h9-10,14H,3-8H2,1-2H3. The Bertz CT molecular complexity index is 291. The molecule has 4 nitrogen and oxygen atoms in total. The van der Waals surface area contributed by atoms with Crippen LogP contribution in [0.2, 0.25) is 0 Å². The van der Waals surface area contributed by atoms with Crippen molar-refractivity contribution in [3.63, 3.8) is 0 Å². The number of hydrogen-bond acceptors (Lipinski definition) is 4. The van der Waals surface area contributed by atoms with E-state index in [1.807, 2.05) is 18.7 Å². The fourth-order valence-electron chi connectivity index (χ4n) is 2.59. The third-order valence-corrected chi connectivity index (χ3v) is 5.00. The van der Waals surface area contributed by atoms with Gasteiger partial charge in [0, 0.05) is 13.1 Å². The first-order chi connectivity index (χ1) is 8.05. The second-order valence-electron chi connectivity index (χ2n) is 5.14. The van der Waals surface area contributed by atoms with Crippen molar-refractivity contribution in [2.75, 3.05) is 25.4 Å². The van der Waals surface area contributed by atoms with Gasteiger partial charge in [0.25, 0.3) is 0 Å². The summed E-state index contributed by atoms with van der Waals surface area (Å²) in [6.45, 7) is 5.15. The first-order valence-corrected chi connectivity index (χ1v) is 7.23. The van der Waals surface area contributed by atoms with Crippen LogP contribution in [-0.2, 0) is 9.53 Å². The van der Waals surface area contributed by atoms with E-state index in [1.54, 1.807) is 11.8 Å². The van der Waals surface area contributed by atoms with Crippen LogP contribution < -0.4 is 0 Å². The summed E-state index contributed by atoms with van der Waals surface area (Å²) in [5.74, 6) is 1.29. The molecule has 0 radical (unpaired) electrons. The highest BCUT2D eigenvalue weighted by Gasteiger charge is 2.42. The molecule has 1 N–H and O–H groups in total. The van der Waals surface area contributed by atoms with Gasteiger partial charge in [0.1, 0.15) is 0 Å². The van der Waals surface area contributed by atoms with Gasteiger partial charge in [-0.2, -0.15) is 0 Å². The lowest BCUT2D eigenvalue weighted by Crippen LogP contribution is -2.54. The van der Waals surface area contributed by atoms with Crippen LogP contribution in [0.1, 0.15) is 26.7 Å². The number of amides is 1. The van der Waals surface area contributed by atoms with Gasteiger partial charge < -0.3 is 14.7 Å². The number of ether oxygens (including phenoxy) is 1. The highest BCUT2D eigenvalue weighted by atomic mass is 32.2. The Hall–Kier alpha value is -0.260. The van der Waals surface area contributed by atoms with Crippen molar-refractivity contribution in [1.29, 1.82) is 0 Å². The molecule has 1 amide bonds. The van der Waals surface area contributed by atoms with E-state index in [0.29, 0.717) is 13.1 Å². The zero-order valence-electron chi connectivity index (χ0n) is 10.5. The highest BCUT2D eigenvalue weighted by molar-refractivity contribution is 8.01. The fourth-order valence-corrected chi connectivity index (χ4v) is 3.87. The van der Waals surface area contributed by atoms with E-state index in [2.05, 4.69) is 0 Å². The Morgan fingerprint density at radius 1 is 1.59 bits per heavy atom. The highest BCUT2D eigenvalue weighted by Crippen LogP contribution is 2.39. The molecule has 0 aromatic heterocycles. The number of carbonyl (C=O) groups excluding carboxylic acids is 1. The second-order valence-corrected chi connectivity index (χ2v) is 6.74. The van der Waals surface area contributed by atoms with Gasteiger partial charge in [0.15, 0.2) is 0 Å². The third kappa shape index (κ3) is 2.77. The van der Waals surface area contributed by atoms with Crippen molar-refractivity contribution in [1.82, 2.24) is 4.90 Å². The van der Waals surface area contributed by atoms with E-state index in [4.69, 9.17) is 9.84 Å². The summed E-state index contributed by atoms with van der Waals surface area (Å²) in [6, 6.07) is 0. The number of aliphatic hydroxyl groups is 1. The number of nitrogens with zero attached hydrogens (tertiary/aromatic N) is 1. The zero-order valence-corrected chi connectivity index (χ0v) is 11.3. The largest absolute Gasteiger partial charge is 0.394 e. The van der Waals surface area contributed by atoms with E-state index in [9.17, 15) is 4.79 Å². The van der Waals surface area contributed by atoms with Gasteiger partial charge >= 0.3 is 0 Å². The molecule has 2 heterocycles. The van der Waals surface area contributed by atoms with E-state index in [0.717, 1.165) is 18.6 Å². The molecule has 98 valence electrons. The van der Waals surface area contributed by atoms with Crippen molar-refractivity contribution in [2.24, 2.45) is 0 Å². The molecule has 5 heteroatoms. The summed E-state index contributed by atoms with van der Waals surface area (Å²) < 4.78 is 5.31. The minimum atomic E-state index is -0.253. The lowest BCUT2D eigenvalue weighted by Gasteiger charge is -2.39. The van der Waals surface area contributed by atoms with Gasteiger partial charge in [-0.05, 0) is 32.4 Å². The first kappa shape index (κ1) is 13.2. The molecule has 2 rings (SSSR count). The van der Waals surface area contributed by atoms with Gasteiger partial charge in [-0.1, -0.05) is 0 Å². The Balaban J connectivity index is 2.03. The van der Waals surface area contributed by atoms with Crippen LogP contribution in [0.4, 0.5) is 0 Å². The van der Waals surface area contributed by atoms with Crippen LogP contribution >= 0.6 is 11.8 Å². The normalized spacial score (nSPS) is 38.4. The first-order valence-electron chi connectivity index (χ1n) is 6.25. The molecule has 17 heavy (non-hydrogen) atoms. The molecule has 2 aliphatic rings. The summed E-state index contributed by atoms with van der Waals surface area (Å²) in [5, 5.41) is 9.17. The topological polar surface area (TPSA) is 49.8 Å². The summed E-state index contributed by atoms with van der Waals surface area (Å²) in [5.41, 5.74) is 0. The number of aliphatic hydroxyl groups excluding tert-OH is 1. The number of hydrogen-bond donors (Lipinski definition) is 1. The van der Waals surface area contributed by atoms with Crippen molar-refractivity contribution < 1.29 is 14.6 Å². The van der Waals surface area contributed by atoms with Gasteiger partial charge in [-0.3, -0.25) is 4.79 Å². The van der Waals surface area contributed by atoms with Crippen LogP contribution in [0.15, 0.2) is 0 Å². The average molecular weight is 259 g/mol. The molecule has 2 saturated heterocycles. The van der Waals surface area contributed by atoms with Crippen molar-refractivity contribution >= 4 is 17.7 Å². The number of rotatable bonds is 2. The number of thioether (sulfide) groups is 1. The predicted octanol–water partition coefficient (Wildman–Crippen LogP) is 0.880.